The number of esters is 1. The van der Waals surface area contributed by atoms with E-state index in [1.807, 2.05) is 0 Å². The second kappa shape index (κ2) is 6.85. The maximum atomic E-state index is 12.5. The van der Waals surface area contributed by atoms with E-state index in [2.05, 4.69) is 14.6 Å². The van der Waals surface area contributed by atoms with Crippen LogP contribution in [0.1, 0.15) is 10.4 Å². The fraction of sp³-hybridized carbons (Fsp3) is 0.0714. The van der Waals surface area contributed by atoms with Gasteiger partial charge in [-0.3, -0.25) is 4.72 Å². The van der Waals surface area contributed by atoms with Crippen molar-refractivity contribution in [2.45, 2.75) is 4.90 Å². The van der Waals surface area contributed by atoms with Crippen molar-refractivity contribution in [1.29, 1.82) is 0 Å². The monoisotopic (exact) mass is 369 g/mol. The van der Waals surface area contributed by atoms with Crippen LogP contribution in [0.4, 0.5) is 17.1 Å². The Kier molecular flexibility index (Phi) is 5.05. The Morgan fingerprint density at radius 2 is 1.83 bits per heavy atom. The zero-order valence-corrected chi connectivity index (χ0v) is 13.9. The third-order valence-electron chi connectivity index (χ3n) is 3.03. The standard InChI is InChI=1S/C14H12ClN3O5S/c1-23-14(19)8-2-4-9(5-3-8)18-24(21,22)13-10(15)6-7-11(16)12(13)17-20/h2-7,18H,16H2,1H3. The van der Waals surface area contributed by atoms with Gasteiger partial charge in [-0.25, -0.2) is 13.2 Å². The van der Waals surface area contributed by atoms with Crippen LogP contribution in [-0.4, -0.2) is 21.5 Å². The molecule has 0 aromatic heterocycles. The van der Waals surface area contributed by atoms with Crippen LogP contribution in [-0.2, 0) is 14.8 Å². The summed E-state index contributed by atoms with van der Waals surface area (Å²) in [6.07, 6.45) is 0. The van der Waals surface area contributed by atoms with Crippen LogP contribution in [0.3, 0.4) is 0 Å². The highest BCUT2D eigenvalue weighted by atomic mass is 35.5. The first kappa shape index (κ1) is 17.7. The molecule has 0 aliphatic heterocycles. The van der Waals surface area contributed by atoms with E-state index in [1.165, 1.54) is 43.5 Å². The number of nitrogens with zero attached hydrogens (tertiary/aromatic N) is 1. The van der Waals surface area contributed by atoms with Crippen LogP contribution in [0, 0.1) is 4.91 Å². The fourth-order valence-corrected chi connectivity index (χ4v) is 3.65. The molecule has 0 radical (unpaired) electrons. The average molecular weight is 370 g/mol. The zero-order valence-electron chi connectivity index (χ0n) is 12.3. The molecule has 0 saturated carbocycles. The van der Waals surface area contributed by atoms with Crippen molar-refractivity contribution in [3.63, 3.8) is 0 Å². The van der Waals surface area contributed by atoms with Gasteiger partial charge in [-0.05, 0) is 41.6 Å². The summed E-state index contributed by atoms with van der Waals surface area (Å²) in [4.78, 5) is 21.8. The first-order valence-electron chi connectivity index (χ1n) is 6.42. The van der Waals surface area contributed by atoms with Crippen molar-refractivity contribution in [1.82, 2.24) is 0 Å². The van der Waals surface area contributed by atoms with Crippen LogP contribution >= 0.6 is 11.6 Å². The number of nitrogens with one attached hydrogen (secondary N) is 1. The van der Waals surface area contributed by atoms with Crippen LogP contribution in [0.5, 0.6) is 0 Å². The molecule has 0 heterocycles. The van der Waals surface area contributed by atoms with Gasteiger partial charge in [0.2, 0.25) is 0 Å². The van der Waals surface area contributed by atoms with Crippen molar-refractivity contribution >= 4 is 44.7 Å². The van der Waals surface area contributed by atoms with E-state index in [0.29, 0.717) is 0 Å². The molecule has 10 heteroatoms. The maximum Gasteiger partial charge on any atom is 0.337 e. The second-order valence-electron chi connectivity index (χ2n) is 4.58. The summed E-state index contributed by atoms with van der Waals surface area (Å²) in [6.45, 7) is 0. The molecule has 0 unspecified atom stereocenters. The van der Waals surface area contributed by atoms with Gasteiger partial charge >= 0.3 is 5.97 Å². The lowest BCUT2D eigenvalue weighted by Gasteiger charge is -2.12. The Labute approximate surface area is 142 Å². The molecular formula is C14H12ClN3O5S. The molecule has 0 fully saturated rings. The zero-order chi connectivity index (χ0) is 17.9. The number of anilines is 2. The van der Waals surface area contributed by atoms with Gasteiger partial charge in [0.1, 0.15) is 4.90 Å². The molecule has 2 aromatic carbocycles. The minimum atomic E-state index is -4.22. The number of carbonyl (C=O) groups is 1. The van der Waals surface area contributed by atoms with Crippen molar-refractivity contribution in [2.24, 2.45) is 5.18 Å². The number of nitroso groups, excluding NO2 is 1. The minimum Gasteiger partial charge on any atom is -0.465 e. The van der Waals surface area contributed by atoms with Gasteiger partial charge in [0, 0.05) is 5.69 Å². The van der Waals surface area contributed by atoms with Crippen LogP contribution in [0.25, 0.3) is 0 Å². The number of rotatable bonds is 5. The number of nitrogens with two attached hydrogens (primary N) is 1. The van der Waals surface area contributed by atoms with Crippen molar-refractivity contribution in [2.75, 3.05) is 17.6 Å². The van der Waals surface area contributed by atoms with E-state index in [-0.39, 0.29) is 22.0 Å². The predicted molar refractivity (Wildman–Crippen MR) is 89.9 cm³/mol. The largest absolute Gasteiger partial charge is 0.465 e. The molecule has 0 amide bonds. The number of halogens is 1. The van der Waals surface area contributed by atoms with E-state index in [9.17, 15) is 18.1 Å². The number of hydrogen-bond acceptors (Lipinski definition) is 7. The van der Waals surface area contributed by atoms with Crippen LogP contribution in [0.2, 0.25) is 5.02 Å². The summed E-state index contributed by atoms with van der Waals surface area (Å²) in [7, 11) is -2.99. The topological polar surface area (TPSA) is 128 Å². The van der Waals surface area contributed by atoms with Crippen LogP contribution in [0.15, 0.2) is 46.5 Å². The molecule has 24 heavy (non-hydrogen) atoms. The van der Waals surface area contributed by atoms with E-state index in [0.717, 1.165) is 0 Å². The highest BCUT2D eigenvalue weighted by molar-refractivity contribution is 7.93. The number of benzene rings is 2. The van der Waals surface area contributed by atoms with Gasteiger partial charge in [-0.1, -0.05) is 11.6 Å². The van der Waals surface area contributed by atoms with Gasteiger partial charge in [0.25, 0.3) is 10.0 Å². The van der Waals surface area contributed by atoms with Gasteiger partial charge in [0.05, 0.1) is 23.4 Å². The summed E-state index contributed by atoms with van der Waals surface area (Å²) in [5.74, 6) is -0.560. The molecule has 2 aromatic rings. The lowest BCUT2D eigenvalue weighted by Crippen LogP contribution is -2.14. The lowest BCUT2D eigenvalue weighted by molar-refractivity contribution is 0.0601. The van der Waals surface area contributed by atoms with Crippen molar-refractivity contribution in [3.8, 4) is 0 Å². The number of hydrogen-bond donors (Lipinski definition) is 2. The van der Waals surface area contributed by atoms with Crippen LogP contribution < -0.4 is 10.5 Å². The van der Waals surface area contributed by atoms with Gasteiger partial charge in [0.15, 0.2) is 5.69 Å². The summed E-state index contributed by atoms with van der Waals surface area (Å²) >= 11 is 5.88. The maximum absolute atomic E-state index is 12.5. The number of carbonyl (C=O) groups excluding carboxylic acids is 1. The molecule has 8 nitrogen and oxygen atoms in total. The molecule has 3 N–H and O–H groups in total. The third-order valence-corrected chi connectivity index (χ3v) is 4.92. The number of nitrogen functional groups attached to an aromatic ring is 1. The van der Waals surface area contributed by atoms with Gasteiger partial charge < -0.3 is 10.5 Å². The highest BCUT2D eigenvalue weighted by Crippen LogP contribution is 2.37. The van der Waals surface area contributed by atoms with E-state index in [4.69, 9.17) is 17.3 Å². The highest BCUT2D eigenvalue weighted by Gasteiger charge is 2.25. The SMILES string of the molecule is COC(=O)c1ccc(NS(=O)(=O)c2c(Cl)ccc(N)c2N=O)cc1. The Hall–Kier alpha value is -2.65. The summed E-state index contributed by atoms with van der Waals surface area (Å²) in [5, 5.41) is 2.45. The molecule has 0 atom stereocenters. The first-order chi connectivity index (χ1) is 11.3. The van der Waals surface area contributed by atoms with Crippen molar-refractivity contribution < 1.29 is 17.9 Å². The molecule has 2 rings (SSSR count). The number of sulfonamides is 1. The smallest absolute Gasteiger partial charge is 0.337 e. The van der Waals surface area contributed by atoms with E-state index in [1.54, 1.807) is 0 Å². The fourth-order valence-electron chi connectivity index (χ4n) is 1.91. The average Bonchev–Trinajstić information content (AvgIpc) is 2.56. The van der Waals surface area contributed by atoms with Crippen molar-refractivity contribution in [3.05, 3.63) is 51.9 Å². The number of ether oxygens (including phenoxy) is 1. The Morgan fingerprint density at radius 1 is 1.21 bits per heavy atom. The van der Waals surface area contributed by atoms with Gasteiger partial charge in [-0.2, -0.15) is 0 Å². The summed E-state index contributed by atoms with van der Waals surface area (Å²) in [5.41, 5.74) is 5.38. The Bertz CT molecular complexity index is 897. The quantitative estimate of drug-likeness (QED) is 0.473. The number of methoxy groups -OCH3 is 1. The Morgan fingerprint density at radius 3 is 2.38 bits per heavy atom. The molecule has 0 bridgehead atoms. The Balaban J connectivity index is 2.41. The molecule has 0 aliphatic rings. The predicted octanol–water partition coefficient (Wildman–Crippen LogP) is 2.91. The molecule has 126 valence electrons. The molecule has 0 saturated heterocycles. The molecule has 0 aliphatic carbocycles. The molecular weight excluding hydrogens is 358 g/mol. The summed E-state index contributed by atoms with van der Waals surface area (Å²) in [6, 6.07) is 8.01. The minimum absolute atomic E-state index is 0.115. The van der Waals surface area contributed by atoms with E-state index < -0.39 is 26.6 Å². The molecule has 0 spiro atoms. The lowest BCUT2D eigenvalue weighted by atomic mass is 10.2. The third kappa shape index (κ3) is 3.47. The second-order valence-corrected chi connectivity index (χ2v) is 6.61. The summed E-state index contributed by atoms with van der Waals surface area (Å²) < 4.78 is 31.8. The normalized spacial score (nSPS) is 10.9. The first-order valence-corrected chi connectivity index (χ1v) is 8.29. The van der Waals surface area contributed by atoms with E-state index >= 15 is 0 Å². The van der Waals surface area contributed by atoms with Gasteiger partial charge in [-0.15, -0.1) is 4.91 Å².